The molecule has 0 bridgehead atoms. The quantitative estimate of drug-likeness (QED) is 0.270. The molecular formula is C35H30F2N4O5. The Hall–Kier alpha value is -5.42. The van der Waals surface area contributed by atoms with Crippen LogP contribution in [0.25, 0.3) is 0 Å². The standard InChI is InChI=1S/C35H30F2N4O5/c36-25-11-9-23(10-12-25)32(34(44)38-26-13-15-27(16-14-26)39-17-19-46-20-18-39)41(21-24-5-1-3-7-29(24)37)31(42)22-40-30-8-4-2-6-28(30)33(43)35(40)45/h1-16,32H,17-22H2,(H,38,44). The summed E-state index contributed by atoms with van der Waals surface area (Å²) in [5.74, 6) is -4.16. The molecule has 0 aliphatic carbocycles. The lowest BCUT2D eigenvalue weighted by Gasteiger charge is -2.33. The van der Waals surface area contributed by atoms with Gasteiger partial charge in [-0.15, -0.1) is 0 Å². The molecular weight excluding hydrogens is 594 g/mol. The fraction of sp³-hybridized carbons (Fsp3) is 0.200. The Morgan fingerprint density at radius 3 is 2.24 bits per heavy atom. The lowest BCUT2D eigenvalue weighted by Crippen LogP contribution is -2.46. The molecule has 2 aliphatic rings. The molecule has 46 heavy (non-hydrogen) atoms. The highest BCUT2D eigenvalue weighted by Gasteiger charge is 2.39. The molecule has 1 N–H and O–H groups in total. The van der Waals surface area contributed by atoms with Crippen LogP contribution < -0.4 is 15.1 Å². The summed E-state index contributed by atoms with van der Waals surface area (Å²) in [6.07, 6.45) is 0. The van der Waals surface area contributed by atoms with Crippen LogP contribution in [0.3, 0.4) is 0 Å². The number of fused-ring (bicyclic) bond motifs is 1. The molecule has 234 valence electrons. The van der Waals surface area contributed by atoms with Crippen molar-refractivity contribution < 1.29 is 32.7 Å². The van der Waals surface area contributed by atoms with Gasteiger partial charge in [-0.25, -0.2) is 8.78 Å². The van der Waals surface area contributed by atoms with E-state index >= 15 is 0 Å². The maximum Gasteiger partial charge on any atom is 0.299 e. The number of amides is 3. The van der Waals surface area contributed by atoms with Gasteiger partial charge in [0, 0.05) is 36.6 Å². The highest BCUT2D eigenvalue weighted by atomic mass is 19.1. The van der Waals surface area contributed by atoms with Crippen LogP contribution in [0.5, 0.6) is 0 Å². The van der Waals surface area contributed by atoms with Crippen molar-refractivity contribution in [2.75, 3.05) is 48.0 Å². The smallest absolute Gasteiger partial charge is 0.299 e. The number of nitrogens with one attached hydrogen (secondary N) is 1. The molecule has 0 spiro atoms. The molecule has 9 nitrogen and oxygen atoms in total. The van der Waals surface area contributed by atoms with Crippen LogP contribution in [0.1, 0.15) is 27.5 Å². The van der Waals surface area contributed by atoms with E-state index in [0.717, 1.165) is 40.7 Å². The average Bonchev–Trinajstić information content (AvgIpc) is 3.31. The number of anilines is 3. The Bertz CT molecular complexity index is 1770. The number of hydrogen-bond donors (Lipinski definition) is 1. The van der Waals surface area contributed by atoms with Crippen LogP contribution in [0.15, 0.2) is 97.1 Å². The van der Waals surface area contributed by atoms with Crippen LogP contribution in [0.2, 0.25) is 0 Å². The molecule has 0 radical (unpaired) electrons. The fourth-order valence-corrected chi connectivity index (χ4v) is 5.67. The van der Waals surface area contributed by atoms with Gasteiger partial charge in [0.05, 0.1) is 24.5 Å². The number of morpholine rings is 1. The number of Topliss-reactive ketones (excluding diaryl/α,β-unsaturated/α-hetero) is 1. The van der Waals surface area contributed by atoms with Gasteiger partial charge >= 0.3 is 0 Å². The summed E-state index contributed by atoms with van der Waals surface area (Å²) in [4.78, 5) is 58.2. The van der Waals surface area contributed by atoms with Crippen LogP contribution in [0, 0.1) is 11.6 Å². The molecule has 1 saturated heterocycles. The minimum atomic E-state index is -1.37. The largest absolute Gasteiger partial charge is 0.378 e. The molecule has 4 aromatic carbocycles. The molecule has 3 amide bonds. The summed E-state index contributed by atoms with van der Waals surface area (Å²) in [5.41, 5.74) is 2.21. The van der Waals surface area contributed by atoms with Crippen molar-refractivity contribution in [2.45, 2.75) is 12.6 Å². The molecule has 11 heteroatoms. The van der Waals surface area contributed by atoms with Gasteiger partial charge in [-0.3, -0.25) is 24.1 Å². The minimum absolute atomic E-state index is 0.120. The lowest BCUT2D eigenvalue weighted by atomic mass is 10.0. The SMILES string of the molecule is O=C1C(=O)N(CC(=O)N(Cc2ccccc2F)C(C(=O)Nc2ccc(N3CCOCC3)cc2)c2ccc(F)cc2)c2ccccc21. The van der Waals surface area contributed by atoms with E-state index in [9.17, 15) is 28.0 Å². The van der Waals surface area contributed by atoms with Crippen LogP contribution in [-0.2, 0) is 25.7 Å². The number of benzene rings is 4. The number of ketones is 1. The fourth-order valence-electron chi connectivity index (χ4n) is 5.67. The topological polar surface area (TPSA) is 99.3 Å². The predicted octanol–water partition coefficient (Wildman–Crippen LogP) is 4.74. The Morgan fingerprint density at radius 2 is 1.52 bits per heavy atom. The summed E-state index contributed by atoms with van der Waals surface area (Å²) in [6.45, 7) is 1.77. The third-order valence-corrected chi connectivity index (χ3v) is 8.05. The Morgan fingerprint density at radius 1 is 0.848 bits per heavy atom. The van der Waals surface area contributed by atoms with E-state index in [1.54, 1.807) is 36.4 Å². The second-order valence-electron chi connectivity index (χ2n) is 10.9. The minimum Gasteiger partial charge on any atom is -0.378 e. The number of ether oxygens (including phenoxy) is 1. The van der Waals surface area contributed by atoms with Gasteiger partial charge in [0.1, 0.15) is 24.2 Å². The average molecular weight is 625 g/mol. The summed E-state index contributed by atoms with van der Waals surface area (Å²) >= 11 is 0. The molecule has 1 fully saturated rings. The molecule has 1 atom stereocenters. The van der Waals surface area contributed by atoms with Crippen molar-refractivity contribution in [3.8, 4) is 0 Å². The third-order valence-electron chi connectivity index (χ3n) is 8.05. The van der Waals surface area contributed by atoms with Gasteiger partial charge in [0.2, 0.25) is 5.91 Å². The Balaban J connectivity index is 1.34. The molecule has 2 aliphatic heterocycles. The maximum absolute atomic E-state index is 15.0. The zero-order valence-electron chi connectivity index (χ0n) is 24.7. The molecule has 0 saturated carbocycles. The highest BCUT2D eigenvalue weighted by Crippen LogP contribution is 2.31. The van der Waals surface area contributed by atoms with Crippen molar-refractivity contribution in [1.29, 1.82) is 0 Å². The summed E-state index contributed by atoms with van der Waals surface area (Å²) in [7, 11) is 0. The van der Waals surface area contributed by atoms with Crippen molar-refractivity contribution in [1.82, 2.24) is 4.90 Å². The second kappa shape index (κ2) is 13.3. The van der Waals surface area contributed by atoms with Gasteiger partial charge in [-0.1, -0.05) is 42.5 Å². The van der Waals surface area contributed by atoms with E-state index in [2.05, 4.69) is 10.2 Å². The van der Waals surface area contributed by atoms with Crippen molar-refractivity contribution >= 4 is 40.6 Å². The van der Waals surface area contributed by atoms with Gasteiger partial charge in [-0.05, 0) is 60.2 Å². The number of carbonyl (C=O) groups is 4. The predicted molar refractivity (Wildman–Crippen MR) is 167 cm³/mol. The van der Waals surface area contributed by atoms with Crippen LogP contribution in [-0.4, -0.2) is 61.3 Å². The molecule has 2 heterocycles. The maximum atomic E-state index is 15.0. The van der Waals surface area contributed by atoms with Gasteiger partial charge < -0.3 is 19.9 Å². The monoisotopic (exact) mass is 624 g/mol. The summed E-state index contributed by atoms with van der Waals surface area (Å²) < 4.78 is 34.4. The van der Waals surface area contributed by atoms with Crippen molar-refractivity contribution in [3.63, 3.8) is 0 Å². The number of para-hydroxylation sites is 1. The molecule has 4 aromatic rings. The second-order valence-corrected chi connectivity index (χ2v) is 10.9. The van der Waals surface area contributed by atoms with Gasteiger partial charge in [0.25, 0.3) is 17.6 Å². The normalized spacial score (nSPS) is 15.0. The van der Waals surface area contributed by atoms with Crippen LogP contribution >= 0.6 is 0 Å². The number of halogens is 2. The first-order valence-corrected chi connectivity index (χ1v) is 14.8. The van der Waals surface area contributed by atoms with E-state index < -0.39 is 47.7 Å². The molecule has 6 rings (SSSR count). The Kier molecular flexibility index (Phi) is 8.84. The first-order chi connectivity index (χ1) is 22.3. The molecule has 1 unspecified atom stereocenters. The first kappa shape index (κ1) is 30.6. The lowest BCUT2D eigenvalue weighted by molar-refractivity contribution is -0.139. The Labute approximate surface area is 264 Å². The molecule has 0 aromatic heterocycles. The number of rotatable bonds is 9. The van der Waals surface area contributed by atoms with Gasteiger partial charge in [0.15, 0.2) is 0 Å². The first-order valence-electron chi connectivity index (χ1n) is 14.8. The van der Waals surface area contributed by atoms with Crippen molar-refractivity contribution in [3.05, 3.63) is 125 Å². The number of nitrogens with zero attached hydrogens (tertiary/aromatic N) is 3. The van der Waals surface area contributed by atoms with E-state index in [1.165, 1.54) is 36.4 Å². The van der Waals surface area contributed by atoms with Crippen molar-refractivity contribution in [2.24, 2.45) is 0 Å². The van der Waals surface area contributed by atoms with Gasteiger partial charge in [-0.2, -0.15) is 0 Å². The zero-order chi connectivity index (χ0) is 32.2. The van der Waals surface area contributed by atoms with E-state index in [1.807, 2.05) is 12.1 Å². The summed E-state index contributed by atoms with van der Waals surface area (Å²) in [6, 6.07) is 23.0. The number of hydrogen-bond acceptors (Lipinski definition) is 6. The van der Waals surface area contributed by atoms with E-state index in [-0.39, 0.29) is 28.9 Å². The summed E-state index contributed by atoms with van der Waals surface area (Å²) in [5, 5.41) is 2.85. The van der Waals surface area contributed by atoms with E-state index in [0.29, 0.717) is 18.9 Å². The highest BCUT2D eigenvalue weighted by molar-refractivity contribution is 6.52. The third kappa shape index (κ3) is 6.36. The number of carbonyl (C=O) groups excluding carboxylic acids is 4. The van der Waals surface area contributed by atoms with E-state index in [4.69, 9.17) is 4.74 Å². The zero-order valence-corrected chi connectivity index (χ0v) is 24.7. The van der Waals surface area contributed by atoms with Crippen LogP contribution in [0.4, 0.5) is 25.8 Å².